The lowest BCUT2D eigenvalue weighted by Gasteiger charge is -2.12. The molecule has 0 radical (unpaired) electrons. The molecule has 0 bridgehead atoms. The molecule has 1 aliphatic rings. The van der Waals surface area contributed by atoms with E-state index in [-0.39, 0.29) is 17.7 Å². The van der Waals surface area contributed by atoms with Gasteiger partial charge in [-0.2, -0.15) is 0 Å². The summed E-state index contributed by atoms with van der Waals surface area (Å²) in [6, 6.07) is 16.9. The van der Waals surface area contributed by atoms with Crippen LogP contribution in [0.4, 0.5) is 4.79 Å². The molecule has 2 amide bonds. The molecule has 2 aromatic carbocycles. The van der Waals surface area contributed by atoms with Crippen molar-refractivity contribution in [1.82, 2.24) is 4.90 Å². The molecule has 116 valence electrons. The monoisotopic (exact) mass is 325 g/mol. The van der Waals surface area contributed by atoms with Crippen LogP contribution in [0.2, 0.25) is 0 Å². The van der Waals surface area contributed by atoms with Gasteiger partial charge >= 0.3 is 0 Å². The molecule has 0 aromatic heterocycles. The molecule has 1 saturated heterocycles. The predicted molar refractivity (Wildman–Crippen MR) is 91.0 cm³/mol. The number of benzene rings is 2. The summed E-state index contributed by atoms with van der Waals surface area (Å²) in [5, 5.41) is -0.250. The molecule has 2 aromatic rings. The Hall–Kier alpha value is -2.53. The Morgan fingerprint density at radius 2 is 1.74 bits per heavy atom. The van der Waals surface area contributed by atoms with Crippen LogP contribution in [0.25, 0.3) is 6.08 Å². The highest BCUT2D eigenvalue weighted by molar-refractivity contribution is 8.18. The highest BCUT2D eigenvalue weighted by Crippen LogP contribution is 2.34. The zero-order chi connectivity index (χ0) is 16.2. The maximum Gasteiger partial charge on any atom is 0.293 e. The van der Waals surface area contributed by atoms with E-state index < -0.39 is 0 Å². The second kappa shape index (κ2) is 6.71. The van der Waals surface area contributed by atoms with Crippen molar-refractivity contribution in [2.45, 2.75) is 6.54 Å². The first-order chi connectivity index (χ1) is 11.2. The minimum atomic E-state index is -0.269. The number of ether oxygens (including phenoxy) is 1. The van der Waals surface area contributed by atoms with Crippen molar-refractivity contribution >= 4 is 29.0 Å². The van der Waals surface area contributed by atoms with Crippen LogP contribution < -0.4 is 4.74 Å². The Bertz CT molecular complexity index is 771. The first-order valence-corrected chi connectivity index (χ1v) is 7.93. The van der Waals surface area contributed by atoms with Gasteiger partial charge in [0.25, 0.3) is 11.1 Å². The van der Waals surface area contributed by atoms with E-state index >= 15 is 0 Å². The average Bonchev–Trinajstić information content (AvgIpc) is 2.84. The van der Waals surface area contributed by atoms with Crippen molar-refractivity contribution in [2.75, 3.05) is 7.11 Å². The SMILES string of the molecule is COc1ccccc1/C=C1/SC(=O)N(Cc2ccccc2)C1=O. The minimum absolute atomic E-state index is 0.250. The molecule has 0 N–H and O–H groups in total. The lowest BCUT2D eigenvalue weighted by atomic mass is 10.2. The highest BCUT2D eigenvalue weighted by atomic mass is 32.2. The molecule has 1 heterocycles. The van der Waals surface area contributed by atoms with Gasteiger partial charge in [0, 0.05) is 5.56 Å². The fourth-order valence-corrected chi connectivity index (χ4v) is 3.16. The average molecular weight is 325 g/mol. The number of rotatable bonds is 4. The van der Waals surface area contributed by atoms with Gasteiger partial charge < -0.3 is 4.74 Å². The van der Waals surface area contributed by atoms with E-state index in [0.717, 1.165) is 22.9 Å². The van der Waals surface area contributed by atoms with E-state index in [9.17, 15) is 9.59 Å². The van der Waals surface area contributed by atoms with E-state index in [1.807, 2.05) is 54.6 Å². The molecular formula is C18H15NO3S. The van der Waals surface area contributed by atoms with Gasteiger partial charge in [0.05, 0.1) is 18.6 Å². The second-order valence-corrected chi connectivity index (χ2v) is 5.99. The molecule has 3 rings (SSSR count). The van der Waals surface area contributed by atoms with Crippen LogP contribution in [-0.2, 0) is 11.3 Å². The standard InChI is InChI=1S/C18H15NO3S/c1-22-15-10-6-5-9-14(15)11-16-17(20)19(18(21)23-16)12-13-7-3-2-4-8-13/h2-11H,12H2,1H3/b16-11+. The fourth-order valence-electron chi connectivity index (χ4n) is 2.33. The maximum atomic E-state index is 12.5. The van der Waals surface area contributed by atoms with Gasteiger partial charge in [-0.1, -0.05) is 48.5 Å². The number of methoxy groups -OCH3 is 1. The van der Waals surface area contributed by atoms with E-state index in [1.54, 1.807) is 13.2 Å². The quantitative estimate of drug-likeness (QED) is 0.799. The van der Waals surface area contributed by atoms with Crippen molar-refractivity contribution < 1.29 is 14.3 Å². The molecule has 0 aliphatic carbocycles. The summed E-state index contributed by atoms with van der Waals surface area (Å²) in [5.74, 6) is 0.400. The van der Waals surface area contributed by atoms with E-state index in [0.29, 0.717) is 10.7 Å². The molecule has 4 nitrogen and oxygen atoms in total. The van der Waals surface area contributed by atoms with Crippen LogP contribution in [0.3, 0.4) is 0 Å². The van der Waals surface area contributed by atoms with Crippen molar-refractivity contribution in [2.24, 2.45) is 0 Å². The topological polar surface area (TPSA) is 46.6 Å². The van der Waals surface area contributed by atoms with Gasteiger partial charge in [-0.25, -0.2) is 0 Å². The summed E-state index contributed by atoms with van der Waals surface area (Å²) in [4.78, 5) is 26.3. The summed E-state index contributed by atoms with van der Waals surface area (Å²) >= 11 is 0.958. The Morgan fingerprint density at radius 3 is 2.48 bits per heavy atom. The van der Waals surface area contributed by atoms with Gasteiger partial charge in [0.2, 0.25) is 0 Å². The predicted octanol–water partition coefficient (Wildman–Crippen LogP) is 3.93. The summed E-state index contributed by atoms with van der Waals surface area (Å²) < 4.78 is 5.28. The van der Waals surface area contributed by atoms with Gasteiger partial charge in [0.15, 0.2) is 0 Å². The summed E-state index contributed by atoms with van der Waals surface area (Å²) in [7, 11) is 1.58. The Morgan fingerprint density at radius 1 is 1.04 bits per heavy atom. The number of para-hydroxylation sites is 1. The molecule has 1 fully saturated rings. The van der Waals surface area contributed by atoms with Gasteiger partial charge in [0.1, 0.15) is 5.75 Å². The number of hydrogen-bond donors (Lipinski definition) is 0. The van der Waals surface area contributed by atoms with Gasteiger partial charge in [-0.05, 0) is 29.5 Å². The smallest absolute Gasteiger partial charge is 0.293 e. The van der Waals surface area contributed by atoms with Crippen LogP contribution in [0.1, 0.15) is 11.1 Å². The Balaban J connectivity index is 1.85. The molecular weight excluding hydrogens is 310 g/mol. The first kappa shape index (κ1) is 15.4. The lowest BCUT2D eigenvalue weighted by molar-refractivity contribution is -0.123. The largest absolute Gasteiger partial charge is 0.496 e. The number of nitrogens with zero attached hydrogens (tertiary/aromatic N) is 1. The minimum Gasteiger partial charge on any atom is -0.496 e. The van der Waals surface area contributed by atoms with Crippen molar-refractivity contribution in [3.63, 3.8) is 0 Å². The number of carbonyl (C=O) groups excluding carboxylic acids is 2. The molecule has 0 unspecified atom stereocenters. The number of hydrogen-bond acceptors (Lipinski definition) is 4. The Labute approximate surface area is 138 Å². The van der Waals surface area contributed by atoms with E-state index in [2.05, 4.69) is 0 Å². The summed E-state index contributed by atoms with van der Waals surface area (Å²) in [6.07, 6.45) is 1.70. The zero-order valence-electron chi connectivity index (χ0n) is 12.6. The number of carbonyl (C=O) groups is 2. The number of imide groups is 1. The normalized spacial score (nSPS) is 16.2. The lowest BCUT2D eigenvalue weighted by Crippen LogP contribution is -2.27. The van der Waals surface area contributed by atoms with Crippen molar-refractivity contribution in [1.29, 1.82) is 0 Å². The Kier molecular flexibility index (Phi) is 4.48. The molecule has 5 heteroatoms. The molecule has 0 spiro atoms. The van der Waals surface area contributed by atoms with Crippen LogP contribution in [0.5, 0.6) is 5.75 Å². The summed E-state index contributed by atoms with van der Waals surface area (Å²) in [5.41, 5.74) is 1.70. The second-order valence-electron chi connectivity index (χ2n) is 5.00. The van der Waals surface area contributed by atoms with Crippen LogP contribution in [0.15, 0.2) is 59.5 Å². The van der Waals surface area contributed by atoms with Crippen LogP contribution >= 0.6 is 11.8 Å². The fraction of sp³-hybridized carbons (Fsp3) is 0.111. The zero-order valence-corrected chi connectivity index (χ0v) is 13.4. The van der Waals surface area contributed by atoms with Crippen molar-refractivity contribution in [3.05, 3.63) is 70.6 Å². The highest BCUT2D eigenvalue weighted by Gasteiger charge is 2.35. The van der Waals surface area contributed by atoms with Crippen LogP contribution in [-0.4, -0.2) is 23.2 Å². The number of amides is 2. The molecule has 0 saturated carbocycles. The third-order valence-electron chi connectivity index (χ3n) is 3.48. The van der Waals surface area contributed by atoms with Gasteiger partial charge in [-0.15, -0.1) is 0 Å². The van der Waals surface area contributed by atoms with E-state index in [1.165, 1.54) is 4.90 Å². The van der Waals surface area contributed by atoms with Gasteiger partial charge in [-0.3, -0.25) is 14.5 Å². The number of thioether (sulfide) groups is 1. The molecule has 1 aliphatic heterocycles. The molecule has 0 atom stereocenters. The molecule has 23 heavy (non-hydrogen) atoms. The van der Waals surface area contributed by atoms with Crippen molar-refractivity contribution in [3.8, 4) is 5.75 Å². The first-order valence-electron chi connectivity index (χ1n) is 7.11. The maximum absolute atomic E-state index is 12.5. The van der Waals surface area contributed by atoms with E-state index in [4.69, 9.17) is 4.74 Å². The summed E-state index contributed by atoms with van der Waals surface area (Å²) in [6.45, 7) is 0.286. The third kappa shape index (κ3) is 3.29. The van der Waals surface area contributed by atoms with Crippen LogP contribution in [0, 0.1) is 0 Å². The third-order valence-corrected chi connectivity index (χ3v) is 4.39.